The van der Waals surface area contributed by atoms with E-state index in [2.05, 4.69) is 13.8 Å². The summed E-state index contributed by atoms with van der Waals surface area (Å²) in [5.74, 6) is -0.172. The number of aliphatic hydroxyl groups is 1. The number of hydrogen-bond donors (Lipinski definition) is 1. The molecular formula is C29H28ClNO5. The Bertz CT molecular complexity index is 1300. The van der Waals surface area contributed by atoms with Crippen LogP contribution in [0.5, 0.6) is 11.5 Å². The third-order valence-electron chi connectivity index (χ3n) is 5.73. The summed E-state index contributed by atoms with van der Waals surface area (Å²) in [4.78, 5) is 28.0. The van der Waals surface area contributed by atoms with E-state index < -0.39 is 17.7 Å². The highest BCUT2D eigenvalue weighted by molar-refractivity contribution is 6.51. The second-order valence-corrected chi connectivity index (χ2v) is 9.32. The fourth-order valence-corrected chi connectivity index (χ4v) is 4.29. The molecule has 186 valence electrons. The van der Waals surface area contributed by atoms with Gasteiger partial charge in [0.2, 0.25) is 0 Å². The van der Waals surface area contributed by atoms with Crippen LogP contribution < -0.4 is 14.4 Å². The van der Waals surface area contributed by atoms with Crippen LogP contribution in [0.1, 0.15) is 37.9 Å². The van der Waals surface area contributed by atoms with Crippen LogP contribution in [-0.2, 0) is 9.59 Å². The van der Waals surface area contributed by atoms with Crippen molar-refractivity contribution in [1.29, 1.82) is 0 Å². The first-order valence-electron chi connectivity index (χ1n) is 11.8. The lowest BCUT2D eigenvalue weighted by atomic mass is 9.95. The number of aliphatic hydroxyl groups excluding tert-OH is 1. The number of nitrogens with zero attached hydrogens (tertiary/aromatic N) is 1. The number of ketones is 1. The first-order valence-corrected chi connectivity index (χ1v) is 12.2. The van der Waals surface area contributed by atoms with E-state index >= 15 is 0 Å². The van der Waals surface area contributed by atoms with Crippen molar-refractivity contribution in [2.24, 2.45) is 5.92 Å². The van der Waals surface area contributed by atoms with Gasteiger partial charge in [0.1, 0.15) is 17.3 Å². The van der Waals surface area contributed by atoms with Gasteiger partial charge in [-0.3, -0.25) is 14.5 Å². The van der Waals surface area contributed by atoms with E-state index in [1.165, 1.54) is 4.90 Å². The average Bonchev–Trinajstić information content (AvgIpc) is 3.13. The maximum atomic E-state index is 13.3. The van der Waals surface area contributed by atoms with Crippen LogP contribution in [0.3, 0.4) is 0 Å². The Balaban J connectivity index is 1.83. The van der Waals surface area contributed by atoms with E-state index in [1.54, 1.807) is 72.8 Å². The normalized spacial score (nSPS) is 17.0. The van der Waals surface area contributed by atoms with Gasteiger partial charge in [0.25, 0.3) is 11.7 Å². The minimum atomic E-state index is -0.874. The largest absolute Gasteiger partial charge is 0.507 e. The molecule has 1 saturated heterocycles. The molecule has 36 heavy (non-hydrogen) atoms. The smallest absolute Gasteiger partial charge is 0.300 e. The number of halogens is 1. The predicted molar refractivity (Wildman–Crippen MR) is 141 cm³/mol. The molecule has 6 nitrogen and oxygen atoms in total. The molecule has 0 aromatic heterocycles. The third-order valence-corrected chi connectivity index (χ3v) is 5.96. The Morgan fingerprint density at radius 3 is 2.36 bits per heavy atom. The van der Waals surface area contributed by atoms with Gasteiger partial charge in [-0.05, 0) is 73.0 Å². The van der Waals surface area contributed by atoms with E-state index in [-0.39, 0.29) is 11.3 Å². The highest BCUT2D eigenvalue weighted by atomic mass is 35.5. The van der Waals surface area contributed by atoms with Crippen molar-refractivity contribution in [2.75, 3.05) is 18.1 Å². The molecule has 1 aliphatic rings. The number of hydrogen-bond acceptors (Lipinski definition) is 5. The summed E-state index contributed by atoms with van der Waals surface area (Å²) >= 11 is 6.21. The lowest BCUT2D eigenvalue weighted by Gasteiger charge is -2.26. The Kier molecular flexibility index (Phi) is 7.65. The maximum Gasteiger partial charge on any atom is 0.300 e. The fourth-order valence-electron chi connectivity index (χ4n) is 4.11. The van der Waals surface area contributed by atoms with Crippen molar-refractivity contribution >= 4 is 34.7 Å². The molecule has 0 aliphatic carbocycles. The summed E-state index contributed by atoms with van der Waals surface area (Å²) in [6.45, 7) is 7.01. The van der Waals surface area contributed by atoms with E-state index in [4.69, 9.17) is 21.1 Å². The summed E-state index contributed by atoms with van der Waals surface area (Å²) in [6, 6.07) is 19.8. The molecule has 0 bridgehead atoms. The number of amides is 1. The Labute approximate surface area is 215 Å². The van der Waals surface area contributed by atoms with Crippen molar-refractivity contribution < 1.29 is 24.2 Å². The standard InChI is InChI=1S/C29H28ClNO5/c1-4-35-24-10-5-7-20(15-24)26-25(27(32)19-11-13-23(14-12-19)36-17-18(2)3)28(33)29(34)31(26)22-9-6-8-21(30)16-22/h5-16,18,26,32H,4,17H2,1-3H3/b27-25+. The van der Waals surface area contributed by atoms with E-state index in [9.17, 15) is 14.7 Å². The molecule has 4 rings (SSSR count). The molecule has 1 atom stereocenters. The minimum Gasteiger partial charge on any atom is -0.507 e. The topological polar surface area (TPSA) is 76.1 Å². The van der Waals surface area contributed by atoms with Gasteiger partial charge < -0.3 is 14.6 Å². The van der Waals surface area contributed by atoms with Gasteiger partial charge in [-0.15, -0.1) is 0 Å². The van der Waals surface area contributed by atoms with Gasteiger partial charge in [0, 0.05) is 16.3 Å². The van der Waals surface area contributed by atoms with Crippen molar-refractivity contribution in [3.05, 3.63) is 94.5 Å². The number of rotatable bonds is 8. The molecule has 1 amide bonds. The van der Waals surface area contributed by atoms with E-state index in [0.29, 0.717) is 52.5 Å². The van der Waals surface area contributed by atoms with Crippen LogP contribution >= 0.6 is 11.6 Å². The van der Waals surface area contributed by atoms with Crippen LogP contribution in [0, 0.1) is 5.92 Å². The summed E-state index contributed by atoms with van der Waals surface area (Å²) < 4.78 is 11.4. The van der Waals surface area contributed by atoms with Crippen LogP contribution in [0.2, 0.25) is 5.02 Å². The summed E-state index contributed by atoms with van der Waals surface area (Å²) in [5, 5.41) is 11.7. The number of carbonyl (C=O) groups excluding carboxylic acids is 2. The predicted octanol–water partition coefficient (Wildman–Crippen LogP) is 6.40. The molecule has 0 radical (unpaired) electrons. The number of benzene rings is 3. The second-order valence-electron chi connectivity index (χ2n) is 8.88. The SMILES string of the molecule is CCOc1cccc(C2/C(=C(\O)c3ccc(OCC(C)C)cc3)C(=O)C(=O)N2c2cccc(Cl)c2)c1. The summed E-state index contributed by atoms with van der Waals surface area (Å²) in [7, 11) is 0. The highest BCUT2D eigenvalue weighted by Crippen LogP contribution is 2.43. The van der Waals surface area contributed by atoms with Crippen LogP contribution in [0.25, 0.3) is 5.76 Å². The molecule has 1 fully saturated rings. The average molecular weight is 506 g/mol. The third kappa shape index (κ3) is 5.24. The molecule has 3 aromatic rings. The van der Waals surface area contributed by atoms with Crippen molar-refractivity contribution in [2.45, 2.75) is 26.8 Å². The zero-order chi connectivity index (χ0) is 25.8. The molecule has 7 heteroatoms. The number of Topliss-reactive ketones (excluding diaryl/α,β-unsaturated/α-hetero) is 1. The fraction of sp³-hybridized carbons (Fsp3) is 0.241. The van der Waals surface area contributed by atoms with Gasteiger partial charge in [-0.25, -0.2) is 0 Å². The lowest BCUT2D eigenvalue weighted by molar-refractivity contribution is -0.132. The summed E-state index contributed by atoms with van der Waals surface area (Å²) in [5.41, 5.74) is 1.47. The lowest BCUT2D eigenvalue weighted by Crippen LogP contribution is -2.29. The van der Waals surface area contributed by atoms with E-state index in [1.807, 2.05) is 6.92 Å². The maximum absolute atomic E-state index is 13.3. The van der Waals surface area contributed by atoms with E-state index in [0.717, 1.165) is 0 Å². The number of ether oxygens (including phenoxy) is 2. The van der Waals surface area contributed by atoms with Gasteiger partial charge in [-0.2, -0.15) is 0 Å². The number of anilines is 1. The zero-order valence-corrected chi connectivity index (χ0v) is 21.2. The monoisotopic (exact) mass is 505 g/mol. The Morgan fingerprint density at radius 1 is 0.972 bits per heavy atom. The molecule has 1 aliphatic heterocycles. The minimum absolute atomic E-state index is 0.00975. The molecule has 0 saturated carbocycles. The first-order chi connectivity index (χ1) is 17.3. The first kappa shape index (κ1) is 25.3. The quantitative estimate of drug-likeness (QED) is 0.218. The van der Waals surface area contributed by atoms with Crippen LogP contribution in [0.4, 0.5) is 5.69 Å². The van der Waals surface area contributed by atoms with Crippen molar-refractivity contribution in [1.82, 2.24) is 0 Å². The van der Waals surface area contributed by atoms with Crippen molar-refractivity contribution in [3.8, 4) is 11.5 Å². The van der Waals surface area contributed by atoms with Gasteiger partial charge in [0.05, 0.1) is 24.8 Å². The molecule has 1 unspecified atom stereocenters. The zero-order valence-electron chi connectivity index (χ0n) is 20.4. The van der Waals surface area contributed by atoms with Gasteiger partial charge in [-0.1, -0.05) is 43.6 Å². The Hall–Kier alpha value is -3.77. The molecule has 3 aromatic carbocycles. The summed E-state index contributed by atoms with van der Waals surface area (Å²) in [6.07, 6.45) is 0. The number of carbonyl (C=O) groups is 2. The van der Waals surface area contributed by atoms with Crippen LogP contribution in [0.15, 0.2) is 78.4 Å². The Morgan fingerprint density at radius 2 is 1.69 bits per heavy atom. The molecule has 1 heterocycles. The van der Waals surface area contributed by atoms with Gasteiger partial charge >= 0.3 is 0 Å². The van der Waals surface area contributed by atoms with Gasteiger partial charge in [0.15, 0.2) is 0 Å². The molecule has 1 N–H and O–H groups in total. The molecule has 0 spiro atoms. The highest BCUT2D eigenvalue weighted by Gasteiger charge is 2.47. The second kappa shape index (κ2) is 10.9. The molecular weight excluding hydrogens is 478 g/mol. The van der Waals surface area contributed by atoms with Crippen LogP contribution in [-0.4, -0.2) is 30.0 Å². The van der Waals surface area contributed by atoms with Crippen molar-refractivity contribution in [3.63, 3.8) is 0 Å².